The Morgan fingerprint density at radius 3 is 2.67 bits per heavy atom. The second-order valence-electron chi connectivity index (χ2n) is 5.89. The van der Waals surface area contributed by atoms with Gasteiger partial charge in [0.15, 0.2) is 11.7 Å². The molecule has 0 spiro atoms. The molecule has 1 fully saturated rings. The van der Waals surface area contributed by atoms with Crippen LogP contribution in [0.2, 0.25) is 0 Å². The molecule has 0 amide bonds. The molecule has 1 heterocycles. The van der Waals surface area contributed by atoms with E-state index in [1.807, 2.05) is 6.07 Å². The summed E-state index contributed by atoms with van der Waals surface area (Å²) in [5.41, 5.74) is 1.47. The molecule has 5 heteroatoms. The molecule has 2 N–H and O–H groups in total. The van der Waals surface area contributed by atoms with Crippen molar-refractivity contribution in [2.45, 2.75) is 59.4 Å². The average molecular weight is 292 g/mol. The first-order valence-electron chi connectivity index (χ1n) is 8.18. The Bertz CT molecular complexity index is 457. The smallest absolute Gasteiger partial charge is 0.191 e. The number of nitrogens with zero attached hydrogens (tertiary/aromatic N) is 2. The van der Waals surface area contributed by atoms with E-state index in [9.17, 15) is 0 Å². The largest absolute Gasteiger partial charge is 0.359 e. The second-order valence-corrected chi connectivity index (χ2v) is 5.89. The van der Waals surface area contributed by atoms with Crippen LogP contribution in [0.3, 0.4) is 0 Å². The van der Waals surface area contributed by atoms with Crippen LogP contribution in [0.5, 0.6) is 0 Å². The number of hydrogen-bond donors (Lipinski definition) is 2. The van der Waals surface area contributed by atoms with Gasteiger partial charge in [-0.3, -0.25) is 0 Å². The fourth-order valence-corrected chi connectivity index (χ4v) is 2.70. The lowest BCUT2D eigenvalue weighted by Gasteiger charge is -2.41. The SMILES string of the molecule is CCNC(=NCc1cc(CC)no1)NCC1(CC)CCC1. The molecular weight excluding hydrogens is 264 g/mol. The van der Waals surface area contributed by atoms with Crippen molar-refractivity contribution in [3.63, 3.8) is 0 Å². The van der Waals surface area contributed by atoms with Crippen LogP contribution in [0.1, 0.15) is 57.9 Å². The van der Waals surface area contributed by atoms with Gasteiger partial charge in [-0.25, -0.2) is 4.99 Å². The van der Waals surface area contributed by atoms with Crippen molar-refractivity contribution < 1.29 is 4.52 Å². The number of rotatable bonds is 7. The summed E-state index contributed by atoms with van der Waals surface area (Å²) >= 11 is 0. The van der Waals surface area contributed by atoms with Gasteiger partial charge < -0.3 is 15.2 Å². The van der Waals surface area contributed by atoms with Gasteiger partial charge in [-0.1, -0.05) is 25.4 Å². The monoisotopic (exact) mass is 292 g/mol. The van der Waals surface area contributed by atoms with Gasteiger partial charge >= 0.3 is 0 Å². The standard InChI is InChI=1S/C16H28N4O/c1-4-13-10-14(21-20-13)11-18-15(17-6-3)19-12-16(5-2)8-7-9-16/h10H,4-9,11-12H2,1-3H3,(H2,17,18,19). The van der Waals surface area contributed by atoms with E-state index in [-0.39, 0.29) is 0 Å². The van der Waals surface area contributed by atoms with Crippen LogP contribution in [0.15, 0.2) is 15.6 Å². The molecule has 0 aromatic carbocycles. The first-order chi connectivity index (χ1) is 10.2. The lowest BCUT2D eigenvalue weighted by Crippen LogP contribution is -2.46. The molecule has 5 nitrogen and oxygen atoms in total. The highest BCUT2D eigenvalue weighted by Gasteiger charge is 2.34. The lowest BCUT2D eigenvalue weighted by molar-refractivity contribution is 0.131. The fraction of sp³-hybridized carbons (Fsp3) is 0.750. The van der Waals surface area contributed by atoms with E-state index in [0.29, 0.717) is 12.0 Å². The molecule has 21 heavy (non-hydrogen) atoms. The topological polar surface area (TPSA) is 62.5 Å². The minimum Gasteiger partial charge on any atom is -0.359 e. The van der Waals surface area contributed by atoms with Gasteiger partial charge in [0.1, 0.15) is 6.54 Å². The molecule has 2 rings (SSSR count). The maximum absolute atomic E-state index is 5.27. The maximum Gasteiger partial charge on any atom is 0.191 e. The number of aromatic nitrogens is 1. The zero-order chi connectivity index (χ0) is 15.1. The third-order valence-corrected chi connectivity index (χ3v) is 4.50. The zero-order valence-electron chi connectivity index (χ0n) is 13.5. The van der Waals surface area contributed by atoms with Crippen molar-refractivity contribution in [2.24, 2.45) is 10.4 Å². The summed E-state index contributed by atoms with van der Waals surface area (Å²) in [6.07, 6.45) is 6.16. The quantitative estimate of drug-likeness (QED) is 0.599. The molecule has 0 aliphatic heterocycles. The van der Waals surface area contributed by atoms with Crippen LogP contribution >= 0.6 is 0 Å². The molecule has 1 saturated carbocycles. The Morgan fingerprint density at radius 2 is 2.14 bits per heavy atom. The van der Waals surface area contributed by atoms with Crippen molar-refractivity contribution in [2.75, 3.05) is 13.1 Å². The summed E-state index contributed by atoms with van der Waals surface area (Å²) in [5.74, 6) is 1.68. The van der Waals surface area contributed by atoms with E-state index in [4.69, 9.17) is 4.52 Å². The van der Waals surface area contributed by atoms with Crippen LogP contribution < -0.4 is 10.6 Å². The number of aryl methyl sites for hydroxylation is 1. The van der Waals surface area contributed by atoms with Gasteiger partial charge in [0.05, 0.1) is 5.69 Å². The number of nitrogens with one attached hydrogen (secondary N) is 2. The summed E-state index contributed by atoms with van der Waals surface area (Å²) in [5, 5.41) is 10.8. The highest BCUT2D eigenvalue weighted by atomic mass is 16.5. The highest BCUT2D eigenvalue weighted by molar-refractivity contribution is 5.79. The Kier molecular flexibility index (Phi) is 5.65. The summed E-state index contributed by atoms with van der Waals surface area (Å²) in [4.78, 5) is 4.59. The third-order valence-electron chi connectivity index (χ3n) is 4.50. The van der Waals surface area contributed by atoms with Crippen LogP contribution in [-0.4, -0.2) is 24.2 Å². The van der Waals surface area contributed by atoms with Crippen LogP contribution in [0.25, 0.3) is 0 Å². The molecule has 0 atom stereocenters. The fourth-order valence-electron chi connectivity index (χ4n) is 2.70. The molecule has 0 bridgehead atoms. The Labute approximate surface area is 127 Å². The molecule has 0 unspecified atom stereocenters. The van der Waals surface area contributed by atoms with Crippen molar-refractivity contribution in [3.8, 4) is 0 Å². The predicted molar refractivity (Wildman–Crippen MR) is 85.3 cm³/mol. The van der Waals surface area contributed by atoms with Crippen LogP contribution in [0.4, 0.5) is 0 Å². The van der Waals surface area contributed by atoms with Gasteiger partial charge in [-0.05, 0) is 38.0 Å². The first kappa shape index (κ1) is 15.9. The van der Waals surface area contributed by atoms with Gasteiger partial charge in [0, 0.05) is 19.2 Å². The van der Waals surface area contributed by atoms with E-state index in [0.717, 1.165) is 36.9 Å². The van der Waals surface area contributed by atoms with Crippen LogP contribution in [-0.2, 0) is 13.0 Å². The minimum atomic E-state index is 0.484. The van der Waals surface area contributed by atoms with Gasteiger partial charge in [0.25, 0.3) is 0 Å². The zero-order valence-corrected chi connectivity index (χ0v) is 13.5. The minimum absolute atomic E-state index is 0.484. The van der Waals surface area contributed by atoms with Crippen molar-refractivity contribution in [1.29, 1.82) is 0 Å². The molecule has 1 aromatic heterocycles. The van der Waals surface area contributed by atoms with Crippen molar-refractivity contribution >= 4 is 5.96 Å². The number of guanidine groups is 1. The Balaban J connectivity index is 1.89. The Hall–Kier alpha value is -1.52. The molecule has 1 aliphatic rings. The van der Waals surface area contributed by atoms with E-state index in [1.165, 1.54) is 25.7 Å². The molecule has 1 aliphatic carbocycles. The van der Waals surface area contributed by atoms with Gasteiger partial charge in [-0.15, -0.1) is 0 Å². The summed E-state index contributed by atoms with van der Waals surface area (Å²) < 4.78 is 5.27. The van der Waals surface area contributed by atoms with E-state index >= 15 is 0 Å². The Morgan fingerprint density at radius 1 is 1.33 bits per heavy atom. The second kappa shape index (κ2) is 7.48. The van der Waals surface area contributed by atoms with Crippen LogP contribution in [0, 0.1) is 5.41 Å². The van der Waals surface area contributed by atoms with Gasteiger partial charge in [0.2, 0.25) is 0 Å². The molecule has 118 valence electrons. The molecule has 0 saturated heterocycles. The number of hydrogen-bond acceptors (Lipinski definition) is 3. The average Bonchev–Trinajstić information content (AvgIpc) is 2.92. The summed E-state index contributed by atoms with van der Waals surface area (Å²) in [6.45, 7) is 8.83. The third kappa shape index (κ3) is 4.22. The molecule has 0 radical (unpaired) electrons. The first-order valence-corrected chi connectivity index (χ1v) is 8.18. The molecule has 1 aromatic rings. The van der Waals surface area contributed by atoms with E-state index < -0.39 is 0 Å². The van der Waals surface area contributed by atoms with E-state index in [2.05, 4.69) is 41.6 Å². The summed E-state index contributed by atoms with van der Waals surface area (Å²) in [7, 11) is 0. The van der Waals surface area contributed by atoms with Gasteiger partial charge in [-0.2, -0.15) is 0 Å². The predicted octanol–water partition coefficient (Wildman–Crippen LogP) is 2.87. The summed E-state index contributed by atoms with van der Waals surface area (Å²) in [6, 6.07) is 1.98. The van der Waals surface area contributed by atoms with Crippen molar-refractivity contribution in [1.82, 2.24) is 15.8 Å². The highest BCUT2D eigenvalue weighted by Crippen LogP contribution is 2.42. The number of aliphatic imine (C=N–C) groups is 1. The molecular formula is C16H28N4O. The van der Waals surface area contributed by atoms with E-state index in [1.54, 1.807) is 0 Å². The maximum atomic E-state index is 5.27. The van der Waals surface area contributed by atoms with Crippen molar-refractivity contribution in [3.05, 3.63) is 17.5 Å². The normalized spacial score (nSPS) is 17.4. The lowest BCUT2D eigenvalue weighted by atomic mass is 9.67.